The molecule has 0 amide bonds. The Morgan fingerprint density at radius 2 is 1.90 bits per heavy atom. The molecule has 2 aromatic rings. The van der Waals surface area contributed by atoms with E-state index in [1.54, 1.807) is 24.8 Å². The second kappa shape index (κ2) is 9.25. The number of hydrogen-bond acceptors (Lipinski definition) is 4. The lowest BCUT2D eigenvalue weighted by atomic mass is 9.96. The molecule has 3 rings (SSSR count). The molecule has 1 aliphatic rings. The van der Waals surface area contributed by atoms with E-state index in [9.17, 15) is 13.6 Å². The minimum Gasteiger partial charge on any atom is -0.491 e. The van der Waals surface area contributed by atoms with Crippen molar-refractivity contribution in [2.24, 2.45) is 0 Å². The number of carbonyl (C=O) groups is 1. The van der Waals surface area contributed by atoms with Crippen molar-refractivity contribution in [3.8, 4) is 11.5 Å². The molecule has 0 saturated carbocycles. The first-order valence-corrected chi connectivity index (χ1v) is 10.0. The fourth-order valence-corrected chi connectivity index (χ4v) is 3.69. The average Bonchev–Trinajstić information content (AvgIpc) is 3.14. The number of benzene rings is 2. The van der Waals surface area contributed by atoms with Crippen LogP contribution in [0.5, 0.6) is 11.5 Å². The molecule has 6 heteroatoms. The van der Waals surface area contributed by atoms with Gasteiger partial charge in [-0.3, -0.25) is 0 Å². The molecule has 1 aliphatic heterocycles. The number of ketones is 1. The number of halogens is 2. The number of anilines is 1. The lowest BCUT2D eigenvalue weighted by Gasteiger charge is -2.21. The van der Waals surface area contributed by atoms with Crippen molar-refractivity contribution in [2.75, 3.05) is 24.6 Å². The van der Waals surface area contributed by atoms with Crippen LogP contribution in [0.15, 0.2) is 36.4 Å². The molecular weight excluding hydrogens is 376 g/mol. The van der Waals surface area contributed by atoms with Crippen LogP contribution in [0.3, 0.4) is 0 Å². The largest absolute Gasteiger partial charge is 0.491 e. The lowest BCUT2D eigenvalue weighted by molar-refractivity contribution is -0.117. The quantitative estimate of drug-likeness (QED) is 0.614. The third-order valence-electron chi connectivity index (χ3n) is 5.16. The van der Waals surface area contributed by atoms with Crippen molar-refractivity contribution in [2.45, 2.75) is 45.6 Å². The summed E-state index contributed by atoms with van der Waals surface area (Å²) >= 11 is 0. The van der Waals surface area contributed by atoms with Crippen molar-refractivity contribution >= 4 is 11.5 Å². The van der Waals surface area contributed by atoms with Crippen LogP contribution in [-0.4, -0.2) is 31.6 Å². The summed E-state index contributed by atoms with van der Waals surface area (Å²) in [4.78, 5) is 13.1. The van der Waals surface area contributed by atoms with E-state index < -0.39 is 11.6 Å². The first-order valence-electron chi connectivity index (χ1n) is 10.0. The average molecular weight is 403 g/mol. The Morgan fingerprint density at radius 3 is 2.55 bits per heavy atom. The van der Waals surface area contributed by atoms with Crippen molar-refractivity contribution < 1.29 is 23.0 Å². The predicted octanol–water partition coefficient (Wildman–Crippen LogP) is 5.10. The number of ether oxygens (including phenoxy) is 2. The minimum atomic E-state index is -0.955. The van der Waals surface area contributed by atoms with Gasteiger partial charge in [-0.2, -0.15) is 4.39 Å². The van der Waals surface area contributed by atoms with Gasteiger partial charge in [0.15, 0.2) is 11.6 Å². The van der Waals surface area contributed by atoms with E-state index in [0.29, 0.717) is 19.5 Å². The molecule has 0 bridgehead atoms. The maximum atomic E-state index is 14.4. The van der Waals surface area contributed by atoms with E-state index >= 15 is 0 Å². The number of hydrogen-bond donors (Lipinski definition) is 0. The topological polar surface area (TPSA) is 38.8 Å². The van der Waals surface area contributed by atoms with Crippen LogP contribution in [0.25, 0.3) is 0 Å². The van der Waals surface area contributed by atoms with Gasteiger partial charge >= 0.3 is 0 Å². The first kappa shape index (κ1) is 21.1. The van der Waals surface area contributed by atoms with Crippen molar-refractivity contribution in [3.63, 3.8) is 0 Å². The molecule has 1 saturated heterocycles. The van der Waals surface area contributed by atoms with Crippen LogP contribution in [0.2, 0.25) is 0 Å². The number of nitrogens with zero attached hydrogens (tertiary/aromatic N) is 1. The zero-order valence-electron chi connectivity index (χ0n) is 17.1. The van der Waals surface area contributed by atoms with E-state index in [1.165, 1.54) is 6.07 Å². The van der Waals surface area contributed by atoms with E-state index in [-0.39, 0.29) is 35.8 Å². The lowest BCUT2D eigenvalue weighted by Crippen LogP contribution is -2.25. The zero-order valence-corrected chi connectivity index (χ0v) is 17.1. The maximum absolute atomic E-state index is 14.4. The fraction of sp³-hybridized carbons (Fsp3) is 0.435. The van der Waals surface area contributed by atoms with Crippen molar-refractivity contribution in [1.82, 2.24) is 0 Å². The van der Waals surface area contributed by atoms with Crippen molar-refractivity contribution in [3.05, 3.63) is 53.6 Å². The Kier molecular flexibility index (Phi) is 6.72. The van der Waals surface area contributed by atoms with Crippen LogP contribution in [0, 0.1) is 11.6 Å². The molecule has 4 nitrogen and oxygen atoms in total. The van der Waals surface area contributed by atoms with Gasteiger partial charge in [0, 0.05) is 19.4 Å². The highest BCUT2D eigenvalue weighted by molar-refractivity contribution is 5.76. The van der Waals surface area contributed by atoms with Gasteiger partial charge in [0.1, 0.15) is 17.6 Å². The highest BCUT2D eigenvalue weighted by atomic mass is 19.2. The molecule has 0 aromatic heterocycles. The van der Waals surface area contributed by atoms with Gasteiger partial charge in [-0.15, -0.1) is 0 Å². The van der Waals surface area contributed by atoms with Gasteiger partial charge < -0.3 is 19.2 Å². The monoisotopic (exact) mass is 403 g/mol. The number of Topliss-reactive ketones (excluding diaryl/α,β-unsaturated/α-hetero) is 1. The van der Waals surface area contributed by atoms with E-state index in [1.807, 2.05) is 31.2 Å². The molecule has 0 spiro atoms. The molecule has 1 heterocycles. The Balaban J connectivity index is 1.62. The van der Waals surface area contributed by atoms with Crippen LogP contribution in [-0.2, 0) is 4.79 Å². The third kappa shape index (κ3) is 5.05. The first-order chi connectivity index (χ1) is 13.9. The summed E-state index contributed by atoms with van der Waals surface area (Å²) in [6.45, 7) is 6.69. The second-order valence-electron chi connectivity index (χ2n) is 7.49. The molecule has 29 heavy (non-hydrogen) atoms. The smallest absolute Gasteiger partial charge is 0.202 e. The molecule has 2 atom stereocenters. The molecule has 0 N–H and O–H groups in total. The minimum absolute atomic E-state index is 0.0696. The molecular formula is C23H27F2NO3. The molecule has 0 aliphatic carbocycles. The van der Waals surface area contributed by atoms with Crippen molar-refractivity contribution in [1.29, 1.82) is 0 Å². The standard InChI is InChI=1S/C23H27F2NO3/c1-4-28-21-10-9-20(22(24)23(21)25)26-12-11-19(14-26)29-18-7-5-17(6-8-18)15(2)13-16(3)27/h5-10,15,19H,4,11-14H2,1-3H3/t15-,19?/m1/s1. The van der Waals surface area contributed by atoms with Gasteiger partial charge in [0.05, 0.1) is 18.8 Å². The van der Waals surface area contributed by atoms with Gasteiger partial charge in [-0.25, -0.2) is 4.39 Å². The number of carbonyl (C=O) groups excluding carboxylic acids is 1. The van der Waals surface area contributed by atoms with Crippen LogP contribution in [0.1, 0.15) is 45.1 Å². The molecule has 2 aromatic carbocycles. The summed E-state index contributed by atoms with van der Waals surface area (Å²) in [5.41, 5.74) is 1.32. The Morgan fingerprint density at radius 1 is 1.17 bits per heavy atom. The second-order valence-corrected chi connectivity index (χ2v) is 7.49. The molecule has 0 radical (unpaired) electrons. The van der Waals surface area contributed by atoms with E-state index in [2.05, 4.69) is 0 Å². The van der Waals surface area contributed by atoms with Gasteiger partial charge in [-0.05, 0) is 49.6 Å². The third-order valence-corrected chi connectivity index (χ3v) is 5.16. The fourth-order valence-electron chi connectivity index (χ4n) is 3.69. The van der Waals surface area contributed by atoms with E-state index in [0.717, 1.165) is 17.7 Å². The normalized spacial score (nSPS) is 17.3. The Labute approximate surface area is 170 Å². The summed E-state index contributed by atoms with van der Waals surface area (Å²) in [5, 5.41) is 0. The summed E-state index contributed by atoms with van der Waals surface area (Å²) in [6, 6.07) is 10.7. The summed E-state index contributed by atoms with van der Waals surface area (Å²) < 4.78 is 39.7. The Bertz CT molecular complexity index is 854. The van der Waals surface area contributed by atoms with Gasteiger partial charge in [0.2, 0.25) is 5.82 Å². The highest BCUT2D eigenvalue weighted by Crippen LogP contribution is 2.31. The van der Waals surface area contributed by atoms with Gasteiger partial charge in [0.25, 0.3) is 0 Å². The zero-order chi connectivity index (χ0) is 21.0. The summed E-state index contributed by atoms with van der Waals surface area (Å²) in [5.74, 6) is -0.846. The van der Waals surface area contributed by atoms with Crippen LogP contribution >= 0.6 is 0 Å². The summed E-state index contributed by atoms with van der Waals surface area (Å²) in [6.07, 6.45) is 1.13. The molecule has 1 fully saturated rings. The van der Waals surface area contributed by atoms with Gasteiger partial charge in [-0.1, -0.05) is 19.1 Å². The molecule has 156 valence electrons. The summed E-state index contributed by atoms with van der Waals surface area (Å²) in [7, 11) is 0. The predicted molar refractivity (Wildman–Crippen MR) is 109 cm³/mol. The highest BCUT2D eigenvalue weighted by Gasteiger charge is 2.28. The van der Waals surface area contributed by atoms with E-state index in [4.69, 9.17) is 9.47 Å². The van der Waals surface area contributed by atoms with Crippen LogP contribution in [0.4, 0.5) is 14.5 Å². The SMILES string of the molecule is CCOc1ccc(N2CCC(Oc3ccc([C@H](C)CC(C)=O)cc3)C2)c(F)c1F. The van der Waals surface area contributed by atoms with Crippen LogP contribution < -0.4 is 14.4 Å². The molecule has 1 unspecified atom stereocenters. The maximum Gasteiger partial charge on any atom is 0.202 e. The Hall–Kier alpha value is -2.63. The number of rotatable bonds is 8.